The van der Waals surface area contributed by atoms with Gasteiger partial charge in [-0.25, -0.2) is 0 Å². The van der Waals surface area contributed by atoms with E-state index in [2.05, 4.69) is 0 Å². The fraction of sp³-hybridized carbons (Fsp3) is 0.0833. The number of non-ortho nitro benzene ring substituents is 1. The zero-order valence-corrected chi connectivity index (χ0v) is 10.9. The molecule has 1 aromatic heterocycles. The molecule has 0 aliphatic heterocycles. The zero-order chi connectivity index (χ0) is 15.8. The SMILES string of the molecule is O=c1ccc(C(F)(F)F)cn1-c1ccc([N+](=O)[O-])cc1Cl. The number of halogens is 4. The van der Waals surface area contributed by atoms with Crippen LogP contribution in [0.2, 0.25) is 5.02 Å². The van der Waals surface area contributed by atoms with E-state index in [9.17, 15) is 28.1 Å². The third-order valence-electron chi connectivity index (χ3n) is 2.64. The van der Waals surface area contributed by atoms with Gasteiger partial charge in [0.25, 0.3) is 11.2 Å². The summed E-state index contributed by atoms with van der Waals surface area (Å²) in [4.78, 5) is 21.6. The van der Waals surface area contributed by atoms with Crippen LogP contribution in [0, 0.1) is 10.1 Å². The summed E-state index contributed by atoms with van der Waals surface area (Å²) in [6.07, 6.45) is -4.03. The van der Waals surface area contributed by atoms with Crippen molar-refractivity contribution in [2.24, 2.45) is 0 Å². The lowest BCUT2D eigenvalue weighted by Crippen LogP contribution is -2.20. The lowest BCUT2D eigenvalue weighted by Gasteiger charge is -2.11. The number of alkyl halides is 3. The Morgan fingerprint density at radius 1 is 1.19 bits per heavy atom. The molecule has 0 N–H and O–H groups in total. The van der Waals surface area contributed by atoms with Gasteiger partial charge in [0.15, 0.2) is 0 Å². The van der Waals surface area contributed by atoms with Crippen molar-refractivity contribution in [3.05, 3.63) is 67.6 Å². The highest BCUT2D eigenvalue weighted by Gasteiger charge is 2.31. The normalized spacial score (nSPS) is 11.4. The molecule has 2 rings (SSSR count). The zero-order valence-electron chi connectivity index (χ0n) is 10.1. The van der Waals surface area contributed by atoms with Gasteiger partial charge in [0.05, 0.1) is 21.2 Å². The maximum atomic E-state index is 12.6. The van der Waals surface area contributed by atoms with Crippen molar-refractivity contribution in [1.82, 2.24) is 4.57 Å². The van der Waals surface area contributed by atoms with Gasteiger partial charge in [0.1, 0.15) is 0 Å². The summed E-state index contributed by atoms with van der Waals surface area (Å²) < 4.78 is 38.6. The van der Waals surface area contributed by atoms with E-state index in [1.165, 1.54) is 0 Å². The first-order chi connectivity index (χ1) is 9.70. The number of nitrogens with zero attached hydrogens (tertiary/aromatic N) is 2. The Morgan fingerprint density at radius 3 is 2.38 bits per heavy atom. The number of benzene rings is 1. The molecule has 110 valence electrons. The second-order valence-corrected chi connectivity index (χ2v) is 4.42. The van der Waals surface area contributed by atoms with E-state index in [0.29, 0.717) is 16.8 Å². The van der Waals surface area contributed by atoms with Gasteiger partial charge in [0, 0.05) is 24.4 Å². The van der Waals surface area contributed by atoms with Crippen molar-refractivity contribution in [1.29, 1.82) is 0 Å². The summed E-state index contributed by atoms with van der Waals surface area (Å²) in [6, 6.07) is 4.53. The second kappa shape index (κ2) is 5.21. The molecule has 0 saturated heterocycles. The smallest absolute Gasteiger partial charge is 0.282 e. The number of nitro benzene ring substituents is 1. The van der Waals surface area contributed by atoms with Crippen molar-refractivity contribution in [2.75, 3.05) is 0 Å². The highest BCUT2D eigenvalue weighted by molar-refractivity contribution is 6.32. The highest BCUT2D eigenvalue weighted by Crippen LogP contribution is 2.30. The molecule has 0 radical (unpaired) electrons. The third kappa shape index (κ3) is 3.05. The molecule has 0 spiro atoms. The number of hydrogen-bond donors (Lipinski definition) is 0. The van der Waals surface area contributed by atoms with Gasteiger partial charge in [-0.05, 0) is 12.1 Å². The van der Waals surface area contributed by atoms with Crippen molar-refractivity contribution in [2.45, 2.75) is 6.18 Å². The quantitative estimate of drug-likeness (QED) is 0.629. The van der Waals surface area contributed by atoms with Gasteiger partial charge in [-0.15, -0.1) is 0 Å². The fourth-order valence-electron chi connectivity index (χ4n) is 1.65. The van der Waals surface area contributed by atoms with E-state index in [0.717, 1.165) is 24.3 Å². The molecule has 0 unspecified atom stereocenters. The first-order valence-corrected chi connectivity index (χ1v) is 5.82. The van der Waals surface area contributed by atoms with Crippen LogP contribution in [0.3, 0.4) is 0 Å². The van der Waals surface area contributed by atoms with Crippen LogP contribution >= 0.6 is 11.6 Å². The maximum Gasteiger partial charge on any atom is 0.417 e. The summed E-state index contributed by atoms with van der Waals surface area (Å²) in [5.41, 5.74) is -2.17. The second-order valence-electron chi connectivity index (χ2n) is 4.02. The predicted molar refractivity (Wildman–Crippen MR) is 68.7 cm³/mol. The lowest BCUT2D eigenvalue weighted by molar-refractivity contribution is -0.384. The van der Waals surface area contributed by atoms with Crippen LogP contribution in [0.5, 0.6) is 0 Å². The Kier molecular flexibility index (Phi) is 3.73. The van der Waals surface area contributed by atoms with Crippen molar-refractivity contribution >= 4 is 17.3 Å². The van der Waals surface area contributed by atoms with Gasteiger partial charge < -0.3 is 0 Å². The minimum absolute atomic E-state index is 0.0710. The number of aromatic nitrogens is 1. The standard InChI is InChI=1S/C12H6ClF3N2O3/c13-9-5-8(18(20)21)2-3-10(9)17-6-7(12(14,15)16)1-4-11(17)19/h1-6H. The van der Waals surface area contributed by atoms with Crippen LogP contribution in [-0.4, -0.2) is 9.49 Å². The molecule has 1 heterocycles. The molecular formula is C12H6ClF3N2O3. The van der Waals surface area contributed by atoms with Gasteiger partial charge in [-0.2, -0.15) is 13.2 Å². The van der Waals surface area contributed by atoms with E-state index in [4.69, 9.17) is 11.6 Å². The van der Waals surface area contributed by atoms with E-state index in [1.807, 2.05) is 0 Å². The van der Waals surface area contributed by atoms with E-state index >= 15 is 0 Å². The van der Waals surface area contributed by atoms with Crippen molar-refractivity contribution in [3.63, 3.8) is 0 Å². The molecular weight excluding hydrogens is 313 g/mol. The lowest BCUT2D eigenvalue weighted by atomic mass is 10.2. The molecule has 21 heavy (non-hydrogen) atoms. The Hall–Kier alpha value is -2.35. The molecule has 0 atom stereocenters. The first kappa shape index (κ1) is 15.0. The number of hydrogen-bond acceptors (Lipinski definition) is 3. The molecule has 0 amide bonds. The molecule has 0 aliphatic carbocycles. The van der Waals surface area contributed by atoms with Crippen LogP contribution in [0.4, 0.5) is 18.9 Å². The Bertz CT molecular complexity index is 771. The average molecular weight is 319 g/mol. The fourth-order valence-corrected chi connectivity index (χ4v) is 1.91. The molecule has 9 heteroatoms. The minimum Gasteiger partial charge on any atom is -0.282 e. The van der Waals surface area contributed by atoms with Crippen LogP contribution in [0.1, 0.15) is 5.56 Å². The first-order valence-electron chi connectivity index (χ1n) is 5.44. The van der Waals surface area contributed by atoms with Crippen LogP contribution in [0.15, 0.2) is 41.3 Å². The number of pyridine rings is 1. The molecule has 0 fully saturated rings. The Balaban J connectivity index is 2.62. The number of rotatable bonds is 2. The molecule has 0 saturated carbocycles. The summed E-state index contributed by atoms with van der Waals surface area (Å²) in [5.74, 6) is 0. The van der Waals surface area contributed by atoms with Crippen LogP contribution in [-0.2, 0) is 6.18 Å². The molecule has 0 bridgehead atoms. The highest BCUT2D eigenvalue weighted by atomic mass is 35.5. The summed E-state index contributed by atoms with van der Waals surface area (Å²) in [7, 11) is 0. The minimum atomic E-state index is -4.62. The average Bonchev–Trinajstić information content (AvgIpc) is 2.38. The molecule has 2 aromatic rings. The Morgan fingerprint density at radius 2 is 1.86 bits per heavy atom. The molecule has 5 nitrogen and oxygen atoms in total. The van der Waals surface area contributed by atoms with E-state index in [-0.39, 0.29) is 16.4 Å². The van der Waals surface area contributed by atoms with Crippen LogP contribution < -0.4 is 5.56 Å². The topological polar surface area (TPSA) is 65.1 Å². The van der Waals surface area contributed by atoms with Gasteiger partial charge in [-0.1, -0.05) is 11.6 Å². The van der Waals surface area contributed by atoms with Crippen molar-refractivity contribution in [3.8, 4) is 5.69 Å². The van der Waals surface area contributed by atoms with E-state index in [1.54, 1.807) is 0 Å². The third-order valence-corrected chi connectivity index (χ3v) is 2.94. The predicted octanol–water partition coefficient (Wildman–Crippen LogP) is 3.42. The van der Waals surface area contributed by atoms with Gasteiger partial charge in [-0.3, -0.25) is 19.5 Å². The van der Waals surface area contributed by atoms with Crippen molar-refractivity contribution < 1.29 is 18.1 Å². The Labute approximate surface area is 120 Å². The molecule has 0 aliphatic rings. The maximum absolute atomic E-state index is 12.6. The summed E-state index contributed by atoms with van der Waals surface area (Å²) in [5, 5.41) is 10.4. The number of nitro groups is 1. The van der Waals surface area contributed by atoms with Gasteiger partial charge >= 0.3 is 6.18 Å². The summed E-state index contributed by atoms with van der Waals surface area (Å²) >= 11 is 5.80. The van der Waals surface area contributed by atoms with E-state index < -0.39 is 22.2 Å². The van der Waals surface area contributed by atoms with Crippen LogP contribution in [0.25, 0.3) is 5.69 Å². The molecule has 1 aromatic carbocycles. The van der Waals surface area contributed by atoms with Gasteiger partial charge in [0.2, 0.25) is 0 Å². The largest absolute Gasteiger partial charge is 0.417 e. The summed E-state index contributed by atoms with van der Waals surface area (Å²) in [6.45, 7) is 0. The monoisotopic (exact) mass is 318 g/mol.